The van der Waals surface area contributed by atoms with Gasteiger partial charge in [0.15, 0.2) is 10.9 Å². The summed E-state index contributed by atoms with van der Waals surface area (Å²) in [6.45, 7) is 6.15. The first kappa shape index (κ1) is 13.9. The molecule has 0 unspecified atom stereocenters. The first-order valence-electron chi connectivity index (χ1n) is 6.53. The minimum atomic E-state index is 0.616. The molecule has 1 aromatic rings. The Bertz CT molecular complexity index is 451. The average Bonchev–Trinajstić information content (AvgIpc) is 2.46. The van der Waals surface area contributed by atoms with E-state index in [1.807, 2.05) is 6.92 Å². The summed E-state index contributed by atoms with van der Waals surface area (Å²) in [6.07, 6.45) is 5.77. The van der Waals surface area contributed by atoms with Gasteiger partial charge in [-0.15, -0.1) is 0 Å². The highest BCUT2D eigenvalue weighted by Gasteiger charge is 2.17. The van der Waals surface area contributed by atoms with Gasteiger partial charge in [0.25, 0.3) is 0 Å². The van der Waals surface area contributed by atoms with E-state index in [-0.39, 0.29) is 0 Å². The van der Waals surface area contributed by atoms with Gasteiger partial charge >= 0.3 is 0 Å². The third kappa shape index (κ3) is 3.96. The van der Waals surface area contributed by atoms with Crippen LogP contribution in [0.25, 0.3) is 0 Å². The number of hydrazone groups is 1. The van der Waals surface area contributed by atoms with Gasteiger partial charge in [-0.05, 0) is 44.0 Å². The molecule has 5 nitrogen and oxygen atoms in total. The van der Waals surface area contributed by atoms with Gasteiger partial charge in [-0.25, -0.2) is 9.97 Å². The van der Waals surface area contributed by atoms with Crippen LogP contribution in [-0.4, -0.2) is 38.8 Å². The predicted octanol–water partition coefficient (Wildman–Crippen LogP) is 1.81. The molecular formula is C13H19N5S. The summed E-state index contributed by atoms with van der Waals surface area (Å²) in [4.78, 5) is 10.4. The Labute approximate surface area is 119 Å². The van der Waals surface area contributed by atoms with Gasteiger partial charge in [0.2, 0.25) is 0 Å². The van der Waals surface area contributed by atoms with Crippen molar-refractivity contribution in [2.75, 3.05) is 13.1 Å². The molecule has 1 saturated heterocycles. The molecule has 6 heteroatoms. The van der Waals surface area contributed by atoms with Crippen molar-refractivity contribution < 1.29 is 0 Å². The predicted molar refractivity (Wildman–Crippen MR) is 79.9 cm³/mol. The zero-order valence-electron chi connectivity index (χ0n) is 11.3. The number of likely N-dealkylation sites (tertiary alicyclic amines) is 1. The first-order chi connectivity index (χ1) is 9.16. The molecule has 0 saturated carbocycles. The molecule has 2 heterocycles. The smallest absolute Gasteiger partial charge is 0.189 e. The van der Waals surface area contributed by atoms with Crippen LogP contribution in [0.4, 0.5) is 0 Å². The lowest BCUT2D eigenvalue weighted by molar-refractivity contribution is 0.278. The molecule has 0 radical (unpaired) electrons. The quantitative estimate of drug-likeness (QED) is 0.507. The maximum Gasteiger partial charge on any atom is 0.189 e. The molecule has 0 aliphatic carbocycles. The van der Waals surface area contributed by atoms with Crippen LogP contribution in [-0.2, 0) is 0 Å². The molecule has 0 spiro atoms. The fourth-order valence-electron chi connectivity index (χ4n) is 1.95. The molecule has 0 atom stereocenters. The summed E-state index contributed by atoms with van der Waals surface area (Å²) in [7, 11) is 0. The number of nitrogens with one attached hydrogen (secondary N) is 1. The van der Waals surface area contributed by atoms with Gasteiger partial charge in [0.05, 0.1) is 0 Å². The van der Waals surface area contributed by atoms with Crippen LogP contribution >= 0.6 is 12.2 Å². The average molecular weight is 277 g/mol. The highest BCUT2D eigenvalue weighted by Crippen LogP contribution is 2.15. The summed E-state index contributed by atoms with van der Waals surface area (Å²) in [5.41, 5.74) is 3.66. The molecule has 0 aromatic carbocycles. The highest BCUT2D eigenvalue weighted by molar-refractivity contribution is 7.80. The normalized spacial score (nSPS) is 17.4. The Hall–Kier alpha value is -1.56. The number of hydrogen-bond donors (Lipinski definition) is 1. The van der Waals surface area contributed by atoms with Gasteiger partial charge in [0, 0.05) is 25.5 Å². The Kier molecular flexibility index (Phi) is 4.79. The van der Waals surface area contributed by atoms with Gasteiger partial charge < -0.3 is 4.90 Å². The van der Waals surface area contributed by atoms with Crippen molar-refractivity contribution in [3.8, 4) is 0 Å². The number of hydrogen-bond acceptors (Lipinski definition) is 4. The molecule has 1 aromatic heterocycles. The van der Waals surface area contributed by atoms with Crippen molar-refractivity contribution in [3.63, 3.8) is 0 Å². The molecule has 0 bridgehead atoms. The van der Waals surface area contributed by atoms with E-state index < -0.39 is 0 Å². The molecule has 1 aliphatic heterocycles. The number of rotatable bonds is 2. The molecule has 102 valence electrons. The first-order valence-corrected chi connectivity index (χ1v) is 6.94. The summed E-state index contributed by atoms with van der Waals surface area (Å²) < 4.78 is 0. The van der Waals surface area contributed by atoms with Crippen LogP contribution in [0.1, 0.15) is 32.5 Å². The Morgan fingerprint density at radius 3 is 2.63 bits per heavy atom. The molecule has 19 heavy (non-hydrogen) atoms. The minimum absolute atomic E-state index is 0.616. The van der Waals surface area contributed by atoms with Gasteiger partial charge in [-0.2, -0.15) is 5.10 Å². The van der Waals surface area contributed by atoms with Crippen LogP contribution in [0, 0.1) is 5.92 Å². The van der Waals surface area contributed by atoms with Crippen LogP contribution in [0.5, 0.6) is 0 Å². The Balaban J connectivity index is 1.89. The lowest BCUT2D eigenvalue weighted by Crippen LogP contribution is -2.42. The Morgan fingerprint density at radius 2 is 2.00 bits per heavy atom. The van der Waals surface area contributed by atoms with E-state index in [4.69, 9.17) is 12.2 Å². The van der Waals surface area contributed by atoms with Gasteiger partial charge in [-0.3, -0.25) is 5.43 Å². The molecule has 1 N–H and O–H groups in total. The van der Waals surface area contributed by atoms with Crippen molar-refractivity contribution in [3.05, 3.63) is 24.3 Å². The third-order valence-corrected chi connectivity index (χ3v) is 3.63. The number of aromatic nitrogens is 2. The second-order valence-corrected chi connectivity index (χ2v) is 5.24. The van der Waals surface area contributed by atoms with Crippen LogP contribution in [0.15, 0.2) is 23.6 Å². The zero-order chi connectivity index (χ0) is 13.7. The van der Waals surface area contributed by atoms with Gasteiger partial charge in [-0.1, -0.05) is 6.92 Å². The van der Waals surface area contributed by atoms with E-state index in [0.29, 0.717) is 10.9 Å². The molecule has 0 amide bonds. The Morgan fingerprint density at radius 1 is 1.37 bits per heavy atom. The number of nitrogens with zero attached hydrogens (tertiary/aromatic N) is 4. The SMILES string of the molecule is C/C(=N/NC(=S)N1CCC(C)CC1)c1ncccn1. The molecule has 1 aliphatic rings. The monoisotopic (exact) mass is 277 g/mol. The second kappa shape index (κ2) is 6.56. The standard InChI is InChI=1S/C13H19N5S/c1-10-4-8-18(9-5-10)13(19)17-16-11(2)12-14-6-3-7-15-12/h3,6-7,10H,4-5,8-9H2,1-2H3,(H,17,19)/b16-11-. The number of piperidine rings is 1. The lowest BCUT2D eigenvalue weighted by Gasteiger charge is -2.31. The summed E-state index contributed by atoms with van der Waals surface area (Å²) in [5, 5.41) is 4.93. The van der Waals surface area contributed by atoms with Crippen molar-refractivity contribution in [2.24, 2.45) is 11.0 Å². The van der Waals surface area contributed by atoms with E-state index in [1.54, 1.807) is 18.5 Å². The number of thiocarbonyl (C=S) groups is 1. The van der Waals surface area contributed by atoms with E-state index in [2.05, 4.69) is 32.3 Å². The van der Waals surface area contributed by atoms with E-state index in [1.165, 1.54) is 12.8 Å². The van der Waals surface area contributed by atoms with E-state index in [0.717, 1.165) is 24.7 Å². The molecule has 2 rings (SSSR count). The largest absolute Gasteiger partial charge is 0.348 e. The second-order valence-electron chi connectivity index (χ2n) is 4.86. The van der Waals surface area contributed by atoms with Crippen LogP contribution < -0.4 is 5.43 Å². The van der Waals surface area contributed by atoms with Crippen molar-refractivity contribution in [2.45, 2.75) is 26.7 Å². The van der Waals surface area contributed by atoms with Gasteiger partial charge in [0.1, 0.15) is 5.71 Å². The van der Waals surface area contributed by atoms with Crippen molar-refractivity contribution >= 4 is 23.0 Å². The molecule has 1 fully saturated rings. The van der Waals surface area contributed by atoms with Crippen molar-refractivity contribution in [1.29, 1.82) is 0 Å². The fraction of sp³-hybridized carbons (Fsp3) is 0.538. The summed E-state index contributed by atoms with van der Waals surface area (Å²) >= 11 is 5.35. The zero-order valence-corrected chi connectivity index (χ0v) is 12.2. The molecular weight excluding hydrogens is 258 g/mol. The van der Waals surface area contributed by atoms with E-state index >= 15 is 0 Å². The highest BCUT2D eigenvalue weighted by atomic mass is 32.1. The van der Waals surface area contributed by atoms with Crippen molar-refractivity contribution in [1.82, 2.24) is 20.3 Å². The fourth-order valence-corrected chi connectivity index (χ4v) is 2.18. The summed E-state index contributed by atoms with van der Waals surface area (Å²) in [6, 6.07) is 1.78. The van der Waals surface area contributed by atoms with Crippen LogP contribution in [0.2, 0.25) is 0 Å². The maximum absolute atomic E-state index is 5.35. The minimum Gasteiger partial charge on any atom is -0.348 e. The topological polar surface area (TPSA) is 53.4 Å². The van der Waals surface area contributed by atoms with Crippen LogP contribution in [0.3, 0.4) is 0 Å². The maximum atomic E-state index is 5.35. The lowest BCUT2D eigenvalue weighted by atomic mass is 10.00. The summed E-state index contributed by atoms with van der Waals surface area (Å²) in [5.74, 6) is 1.41. The van der Waals surface area contributed by atoms with E-state index in [9.17, 15) is 0 Å². The third-order valence-electron chi connectivity index (χ3n) is 3.28.